The van der Waals surface area contributed by atoms with Gasteiger partial charge in [0.2, 0.25) is 0 Å². The molecule has 0 saturated heterocycles. The molecule has 0 bridgehead atoms. The molecule has 35 heavy (non-hydrogen) atoms. The first-order valence-corrected chi connectivity index (χ1v) is 11.6. The molecule has 1 amide bonds. The Morgan fingerprint density at radius 2 is 1.57 bits per heavy atom. The number of carbonyl (C=O) groups excluding carboxylic acids is 1. The van der Waals surface area contributed by atoms with Crippen molar-refractivity contribution in [3.05, 3.63) is 129 Å². The van der Waals surface area contributed by atoms with E-state index in [2.05, 4.69) is 10.5 Å². The molecule has 0 aromatic heterocycles. The lowest BCUT2D eigenvalue weighted by Gasteiger charge is -2.11. The first-order valence-electron chi connectivity index (χ1n) is 10.8. The molecule has 7 heteroatoms. The molecule has 0 fully saturated rings. The van der Waals surface area contributed by atoms with E-state index in [0.29, 0.717) is 28.0 Å². The van der Waals surface area contributed by atoms with E-state index in [9.17, 15) is 4.79 Å². The van der Waals surface area contributed by atoms with Crippen LogP contribution in [0.1, 0.15) is 27.0 Å². The number of benzene rings is 4. The van der Waals surface area contributed by atoms with Crippen molar-refractivity contribution >= 4 is 35.3 Å². The summed E-state index contributed by atoms with van der Waals surface area (Å²) in [4.78, 5) is 12.7. The van der Waals surface area contributed by atoms with Gasteiger partial charge in [-0.1, -0.05) is 71.7 Å². The molecular weight excluding hydrogens is 483 g/mol. The number of carbonyl (C=O) groups is 1. The van der Waals surface area contributed by atoms with Crippen molar-refractivity contribution in [3.8, 4) is 11.5 Å². The first kappa shape index (κ1) is 24.3. The molecule has 176 valence electrons. The molecule has 5 nitrogen and oxygen atoms in total. The molecule has 0 radical (unpaired) electrons. The van der Waals surface area contributed by atoms with Gasteiger partial charge in [0, 0.05) is 15.6 Å². The summed E-state index contributed by atoms with van der Waals surface area (Å²) in [5, 5.41) is 5.12. The van der Waals surface area contributed by atoms with Gasteiger partial charge in [0.15, 0.2) is 0 Å². The number of ether oxygens (including phenoxy) is 2. The maximum absolute atomic E-state index is 12.7. The minimum absolute atomic E-state index is 0.197. The molecule has 0 aliphatic carbocycles. The Morgan fingerprint density at radius 1 is 0.829 bits per heavy atom. The van der Waals surface area contributed by atoms with E-state index in [-0.39, 0.29) is 12.5 Å². The summed E-state index contributed by atoms with van der Waals surface area (Å²) in [6.07, 6.45) is 1.57. The molecular formula is C28H22Cl2N2O3. The lowest BCUT2D eigenvalue weighted by atomic mass is 10.2. The summed E-state index contributed by atoms with van der Waals surface area (Å²) >= 11 is 12.2. The SMILES string of the molecule is O=C(N/N=C/c1ccc(OCc2ccccc2)cc1)c1ccccc1OCc1ccc(Cl)cc1Cl. The minimum Gasteiger partial charge on any atom is -0.489 e. The Kier molecular flexibility index (Phi) is 8.39. The Hall–Kier alpha value is -3.80. The van der Waals surface area contributed by atoms with E-state index in [4.69, 9.17) is 32.7 Å². The second-order valence-corrected chi connectivity index (χ2v) is 8.41. The molecule has 0 spiro atoms. The summed E-state index contributed by atoms with van der Waals surface area (Å²) in [6, 6.07) is 29.5. The van der Waals surface area contributed by atoms with Crippen molar-refractivity contribution < 1.29 is 14.3 Å². The van der Waals surface area contributed by atoms with Gasteiger partial charge in [-0.2, -0.15) is 5.10 Å². The van der Waals surface area contributed by atoms with Crippen LogP contribution in [-0.2, 0) is 13.2 Å². The van der Waals surface area contributed by atoms with Crippen LogP contribution < -0.4 is 14.9 Å². The maximum atomic E-state index is 12.7. The van der Waals surface area contributed by atoms with E-state index < -0.39 is 0 Å². The standard InChI is InChI=1S/C28H22Cl2N2O3/c29-23-13-12-22(26(30)16-23)19-35-27-9-5-4-8-25(27)28(33)32-31-17-20-10-14-24(15-11-20)34-18-21-6-2-1-3-7-21/h1-17H,18-19H2,(H,32,33)/b31-17+. The first-order chi connectivity index (χ1) is 17.1. The van der Waals surface area contributed by atoms with Crippen LogP contribution in [0.4, 0.5) is 0 Å². The Labute approximate surface area is 213 Å². The van der Waals surface area contributed by atoms with Crippen LogP contribution in [0, 0.1) is 0 Å². The molecule has 0 saturated carbocycles. The van der Waals surface area contributed by atoms with Crippen LogP contribution in [0.25, 0.3) is 0 Å². The van der Waals surface area contributed by atoms with Crippen LogP contribution in [0.15, 0.2) is 102 Å². The summed E-state index contributed by atoms with van der Waals surface area (Å²) in [6.45, 7) is 0.693. The largest absolute Gasteiger partial charge is 0.489 e. The number of hydrogen-bond donors (Lipinski definition) is 1. The van der Waals surface area contributed by atoms with E-state index >= 15 is 0 Å². The van der Waals surface area contributed by atoms with Crippen LogP contribution in [0.3, 0.4) is 0 Å². The van der Waals surface area contributed by atoms with E-state index in [1.807, 2.05) is 54.6 Å². The number of halogens is 2. The molecule has 4 aromatic rings. The van der Waals surface area contributed by atoms with E-state index in [1.165, 1.54) is 0 Å². The smallest absolute Gasteiger partial charge is 0.275 e. The average Bonchev–Trinajstić information content (AvgIpc) is 2.88. The third-order valence-electron chi connectivity index (χ3n) is 5.04. The average molecular weight is 505 g/mol. The van der Waals surface area contributed by atoms with Gasteiger partial charge in [-0.15, -0.1) is 0 Å². The van der Waals surface area contributed by atoms with Gasteiger partial charge in [0.25, 0.3) is 5.91 Å². The molecule has 0 aliphatic heterocycles. The van der Waals surface area contributed by atoms with Gasteiger partial charge in [0.1, 0.15) is 24.7 Å². The summed E-state index contributed by atoms with van der Waals surface area (Å²) < 4.78 is 11.6. The molecule has 0 heterocycles. The number of para-hydroxylation sites is 1. The van der Waals surface area contributed by atoms with E-state index in [0.717, 1.165) is 22.4 Å². The number of hydrogen-bond acceptors (Lipinski definition) is 4. The highest BCUT2D eigenvalue weighted by molar-refractivity contribution is 6.35. The van der Waals surface area contributed by atoms with Crippen molar-refractivity contribution in [2.75, 3.05) is 0 Å². The van der Waals surface area contributed by atoms with E-state index in [1.54, 1.807) is 48.7 Å². The van der Waals surface area contributed by atoms with Crippen LogP contribution in [0.2, 0.25) is 10.0 Å². The second-order valence-electron chi connectivity index (χ2n) is 7.56. The van der Waals surface area contributed by atoms with Crippen LogP contribution in [-0.4, -0.2) is 12.1 Å². The molecule has 0 atom stereocenters. The molecule has 0 unspecified atom stereocenters. The van der Waals surface area contributed by atoms with Crippen molar-refractivity contribution in [1.29, 1.82) is 0 Å². The lowest BCUT2D eigenvalue weighted by molar-refractivity contribution is 0.0950. The predicted octanol–water partition coefficient (Wildman–Crippen LogP) is 6.92. The van der Waals surface area contributed by atoms with Crippen LogP contribution >= 0.6 is 23.2 Å². The van der Waals surface area contributed by atoms with Gasteiger partial charge in [-0.3, -0.25) is 4.79 Å². The monoisotopic (exact) mass is 504 g/mol. The topological polar surface area (TPSA) is 59.9 Å². The normalized spacial score (nSPS) is 10.8. The fourth-order valence-corrected chi connectivity index (χ4v) is 3.65. The highest BCUT2D eigenvalue weighted by Gasteiger charge is 2.12. The van der Waals surface area contributed by atoms with Gasteiger partial charge in [0.05, 0.1) is 11.8 Å². The fraction of sp³-hybridized carbons (Fsp3) is 0.0714. The van der Waals surface area contributed by atoms with Crippen molar-refractivity contribution in [3.63, 3.8) is 0 Å². The molecule has 4 rings (SSSR count). The number of nitrogens with one attached hydrogen (secondary N) is 1. The fourth-order valence-electron chi connectivity index (χ4n) is 3.19. The van der Waals surface area contributed by atoms with Crippen molar-refractivity contribution in [1.82, 2.24) is 5.43 Å². The van der Waals surface area contributed by atoms with Gasteiger partial charge < -0.3 is 9.47 Å². The summed E-state index contributed by atoms with van der Waals surface area (Å²) in [7, 11) is 0. The summed E-state index contributed by atoms with van der Waals surface area (Å²) in [5.74, 6) is 0.787. The summed E-state index contributed by atoms with van der Waals surface area (Å²) in [5.41, 5.74) is 5.58. The van der Waals surface area contributed by atoms with Crippen molar-refractivity contribution in [2.45, 2.75) is 13.2 Å². The maximum Gasteiger partial charge on any atom is 0.275 e. The number of nitrogens with zero attached hydrogens (tertiary/aromatic N) is 1. The highest BCUT2D eigenvalue weighted by atomic mass is 35.5. The van der Waals surface area contributed by atoms with Gasteiger partial charge in [-0.25, -0.2) is 5.43 Å². The third-order valence-corrected chi connectivity index (χ3v) is 5.63. The highest BCUT2D eigenvalue weighted by Crippen LogP contribution is 2.24. The third kappa shape index (κ3) is 7.09. The zero-order valence-corrected chi connectivity index (χ0v) is 20.2. The number of amides is 1. The molecule has 1 N–H and O–H groups in total. The predicted molar refractivity (Wildman–Crippen MR) is 140 cm³/mol. The number of hydrazone groups is 1. The Balaban J connectivity index is 1.32. The number of rotatable bonds is 9. The zero-order chi connectivity index (χ0) is 24.5. The Morgan fingerprint density at radius 3 is 2.34 bits per heavy atom. The minimum atomic E-state index is -0.387. The van der Waals surface area contributed by atoms with Gasteiger partial charge in [-0.05, 0) is 59.7 Å². The second kappa shape index (κ2) is 12.1. The quantitative estimate of drug-likeness (QED) is 0.199. The lowest BCUT2D eigenvalue weighted by Crippen LogP contribution is -2.18. The molecule has 0 aliphatic rings. The Bertz CT molecular complexity index is 1310. The van der Waals surface area contributed by atoms with Gasteiger partial charge >= 0.3 is 0 Å². The zero-order valence-electron chi connectivity index (χ0n) is 18.7. The molecule has 4 aromatic carbocycles. The van der Waals surface area contributed by atoms with Crippen molar-refractivity contribution in [2.24, 2.45) is 5.10 Å². The van der Waals surface area contributed by atoms with Crippen LogP contribution in [0.5, 0.6) is 11.5 Å².